The van der Waals surface area contributed by atoms with Gasteiger partial charge in [0.05, 0.1) is 46.7 Å². The van der Waals surface area contributed by atoms with E-state index in [4.69, 9.17) is 25.5 Å². The Morgan fingerprint density at radius 2 is 1.83 bits per heavy atom. The van der Waals surface area contributed by atoms with Gasteiger partial charge in [-0.05, 0) is 50.2 Å². The van der Waals surface area contributed by atoms with Crippen molar-refractivity contribution in [2.75, 3.05) is 12.4 Å². The number of nitro groups is 1. The van der Waals surface area contributed by atoms with Crippen molar-refractivity contribution in [2.45, 2.75) is 20.4 Å². The molecule has 0 aliphatic heterocycles. The third-order valence-electron chi connectivity index (χ3n) is 5.14. The van der Waals surface area contributed by atoms with Crippen LogP contribution in [-0.2, 0) is 6.54 Å². The lowest BCUT2D eigenvalue weighted by Gasteiger charge is -2.09. The first-order valence-corrected chi connectivity index (χ1v) is 10.8. The highest BCUT2D eigenvalue weighted by Gasteiger charge is 2.17. The maximum Gasteiger partial charge on any atom is 0.291 e. The fraction of sp³-hybridized carbons (Fsp3) is 0.167. The molecule has 0 atom stereocenters. The second-order valence-corrected chi connectivity index (χ2v) is 7.99. The van der Waals surface area contributed by atoms with E-state index in [2.05, 4.69) is 10.4 Å². The van der Waals surface area contributed by atoms with E-state index in [1.165, 1.54) is 24.3 Å². The van der Waals surface area contributed by atoms with Crippen LogP contribution >= 0.6 is 11.6 Å². The van der Waals surface area contributed by atoms with E-state index in [1.807, 2.05) is 6.92 Å². The Morgan fingerprint density at radius 1 is 1.11 bits per heavy atom. The van der Waals surface area contributed by atoms with Gasteiger partial charge in [0.25, 0.3) is 11.6 Å². The number of halogens is 1. The molecular weight excluding hydrogens is 476 g/mol. The number of benzene rings is 2. The SMILES string of the molecule is COc1ccc(Oc2cc(NC(=O)c3ccc(Cn4nc(C)c(Cl)c4C)o3)cc([N+](=O)[O-])c2)cc1. The zero-order valence-electron chi connectivity index (χ0n) is 19.1. The Labute approximate surface area is 205 Å². The van der Waals surface area contributed by atoms with Crippen LogP contribution in [0.5, 0.6) is 17.2 Å². The maximum atomic E-state index is 12.8. The molecule has 0 spiro atoms. The van der Waals surface area contributed by atoms with E-state index < -0.39 is 10.8 Å². The van der Waals surface area contributed by atoms with Gasteiger partial charge in [0, 0.05) is 12.1 Å². The standard InChI is InChI=1S/C24H21ClN4O6/c1-14-23(25)15(2)28(27-14)13-20-8-9-22(35-20)24(30)26-16-10-17(29(31)32)12-21(11-16)34-19-6-4-18(33-3)5-7-19/h4-12H,13H2,1-3H3,(H,26,30). The monoisotopic (exact) mass is 496 g/mol. The number of nitro benzene ring substituents is 1. The molecule has 1 N–H and O–H groups in total. The quantitative estimate of drug-likeness (QED) is 0.243. The van der Waals surface area contributed by atoms with Crippen molar-refractivity contribution in [1.82, 2.24) is 9.78 Å². The summed E-state index contributed by atoms with van der Waals surface area (Å²) in [6.45, 7) is 3.94. The number of non-ortho nitro benzene ring substituents is 1. The lowest BCUT2D eigenvalue weighted by molar-refractivity contribution is -0.384. The van der Waals surface area contributed by atoms with Gasteiger partial charge in [-0.1, -0.05) is 11.6 Å². The molecule has 2 aromatic heterocycles. The molecule has 0 saturated heterocycles. The van der Waals surface area contributed by atoms with E-state index >= 15 is 0 Å². The average Bonchev–Trinajstić information content (AvgIpc) is 3.40. The van der Waals surface area contributed by atoms with E-state index in [9.17, 15) is 14.9 Å². The number of aromatic nitrogens is 2. The minimum atomic E-state index is -0.571. The minimum Gasteiger partial charge on any atom is -0.497 e. The van der Waals surface area contributed by atoms with Crippen molar-refractivity contribution in [3.63, 3.8) is 0 Å². The highest BCUT2D eigenvalue weighted by atomic mass is 35.5. The van der Waals surface area contributed by atoms with Gasteiger partial charge in [0.1, 0.15) is 23.0 Å². The minimum absolute atomic E-state index is 0.0387. The van der Waals surface area contributed by atoms with Gasteiger partial charge in [0.15, 0.2) is 5.76 Å². The lowest BCUT2D eigenvalue weighted by atomic mass is 10.2. The van der Waals surface area contributed by atoms with E-state index in [1.54, 1.807) is 49.0 Å². The number of hydrogen-bond donors (Lipinski definition) is 1. The van der Waals surface area contributed by atoms with E-state index in [0.717, 1.165) is 5.69 Å². The molecule has 2 heterocycles. The van der Waals surface area contributed by atoms with Gasteiger partial charge >= 0.3 is 0 Å². The third-order valence-corrected chi connectivity index (χ3v) is 5.69. The molecule has 10 nitrogen and oxygen atoms in total. The van der Waals surface area contributed by atoms with Crippen LogP contribution in [0.15, 0.2) is 59.0 Å². The number of amides is 1. The molecule has 0 radical (unpaired) electrons. The fourth-order valence-corrected chi connectivity index (χ4v) is 3.49. The smallest absolute Gasteiger partial charge is 0.291 e. The number of carbonyl (C=O) groups is 1. The highest BCUT2D eigenvalue weighted by Crippen LogP contribution is 2.31. The van der Waals surface area contributed by atoms with E-state index in [-0.39, 0.29) is 22.9 Å². The van der Waals surface area contributed by atoms with Crippen LogP contribution in [-0.4, -0.2) is 27.7 Å². The number of carbonyl (C=O) groups excluding carboxylic acids is 1. The van der Waals surface area contributed by atoms with E-state index in [0.29, 0.717) is 34.5 Å². The number of nitrogens with zero attached hydrogens (tertiary/aromatic N) is 3. The molecule has 0 bridgehead atoms. The maximum absolute atomic E-state index is 12.8. The zero-order chi connectivity index (χ0) is 25.1. The fourth-order valence-electron chi connectivity index (χ4n) is 3.35. The topological polar surface area (TPSA) is 122 Å². The van der Waals surface area contributed by atoms with Gasteiger partial charge in [-0.3, -0.25) is 19.6 Å². The molecule has 4 aromatic rings. The number of aryl methyl sites for hydroxylation is 1. The molecule has 0 aliphatic rings. The van der Waals surface area contributed by atoms with Gasteiger partial charge in [0.2, 0.25) is 0 Å². The first-order valence-electron chi connectivity index (χ1n) is 10.4. The van der Waals surface area contributed by atoms with Crippen LogP contribution in [0.2, 0.25) is 5.02 Å². The molecule has 1 amide bonds. The van der Waals surface area contributed by atoms with Crippen molar-refractivity contribution in [1.29, 1.82) is 0 Å². The second-order valence-electron chi connectivity index (χ2n) is 7.61. The summed E-state index contributed by atoms with van der Waals surface area (Å²) in [5.41, 5.74) is 1.42. The molecule has 0 unspecified atom stereocenters. The molecule has 0 fully saturated rings. The van der Waals surface area contributed by atoms with Crippen molar-refractivity contribution in [3.8, 4) is 17.2 Å². The number of methoxy groups -OCH3 is 1. The average molecular weight is 497 g/mol. The Bertz CT molecular complexity index is 1390. The normalized spacial score (nSPS) is 10.7. The summed E-state index contributed by atoms with van der Waals surface area (Å²) < 4.78 is 18.2. The number of nitrogens with one attached hydrogen (secondary N) is 1. The van der Waals surface area contributed by atoms with Crippen LogP contribution in [0, 0.1) is 24.0 Å². The Hall–Kier alpha value is -4.31. The summed E-state index contributed by atoms with van der Waals surface area (Å²) in [5.74, 6) is 1.24. The zero-order valence-corrected chi connectivity index (χ0v) is 19.8. The summed E-state index contributed by atoms with van der Waals surface area (Å²) in [6, 6.07) is 13.9. The summed E-state index contributed by atoms with van der Waals surface area (Å²) >= 11 is 6.18. The first kappa shape index (κ1) is 23.8. The summed E-state index contributed by atoms with van der Waals surface area (Å²) in [7, 11) is 1.54. The van der Waals surface area contributed by atoms with Gasteiger partial charge in [-0.15, -0.1) is 0 Å². The third kappa shape index (κ3) is 5.44. The molecule has 0 aliphatic carbocycles. The Balaban J connectivity index is 1.51. The summed E-state index contributed by atoms with van der Waals surface area (Å²) in [5, 5.41) is 19.0. The van der Waals surface area contributed by atoms with Crippen LogP contribution < -0.4 is 14.8 Å². The van der Waals surface area contributed by atoms with Crippen LogP contribution in [0.3, 0.4) is 0 Å². The molecular formula is C24H21ClN4O6. The second kappa shape index (κ2) is 9.90. The Morgan fingerprint density at radius 3 is 2.46 bits per heavy atom. The highest BCUT2D eigenvalue weighted by molar-refractivity contribution is 6.31. The number of rotatable bonds is 8. The van der Waals surface area contributed by atoms with Crippen LogP contribution in [0.4, 0.5) is 11.4 Å². The van der Waals surface area contributed by atoms with Gasteiger partial charge in [-0.25, -0.2) is 0 Å². The van der Waals surface area contributed by atoms with Crippen molar-refractivity contribution < 1.29 is 23.6 Å². The number of anilines is 1. The van der Waals surface area contributed by atoms with Crippen LogP contribution in [0.25, 0.3) is 0 Å². The lowest BCUT2D eigenvalue weighted by Crippen LogP contribution is -2.11. The summed E-state index contributed by atoms with van der Waals surface area (Å²) in [6.07, 6.45) is 0. The predicted molar refractivity (Wildman–Crippen MR) is 129 cm³/mol. The summed E-state index contributed by atoms with van der Waals surface area (Å²) in [4.78, 5) is 23.6. The van der Waals surface area contributed by atoms with Gasteiger partial charge in [-0.2, -0.15) is 5.10 Å². The van der Waals surface area contributed by atoms with Crippen LogP contribution in [0.1, 0.15) is 27.7 Å². The number of ether oxygens (including phenoxy) is 2. The van der Waals surface area contributed by atoms with Crippen molar-refractivity contribution >= 4 is 28.9 Å². The molecule has 0 saturated carbocycles. The largest absolute Gasteiger partial charge is 0.497 e. The molecule has 11 heteroatoms. The molecule has 2 aromatic carbocycles. The molecule has 4 rings (SSSR count). The molecule has 180 valence electrons. The number of hydrogen-bond acceptors (Lipinski definition) is 7. The van der Waals surface area contributed by atoms with Gasteiger partial charge < -0.3 is 19.2 Å². The first-order chi connectivity index (χ1) is 16.7. The van der Waals surface area contributed by atoms with Crippen molar-refractivity contribution in [3.05, 3.63) is 92.6 Å². The molecule has 35 heavy (non-hydrogen) atoms. The van der Waals surface area contributed by atoms with Crippen molar-refractivity contribution in [2.24, 2.45) is 0 Å². The number of furan rings is 1. The predicted octanol–water partition coefficient (Wildman–Crippen LogP) is 5.76. The Kier molecular flexibility index (Phi) is 6.74.